The fourth-order valence-corrected chi connectivity index (χ4v) is 3.69. The lowest BCUT2D eigenvalue weighted by Crippen LogP contribution is -2.35. The quantitative estimate of drug-likeness (QED) is 0.874. The monoisotopic (exact) mass is 335 g/mol. The Balaban J connectivity index is 1.52. The standard InChI is InChI=1S/C20H21N3O2/c24-19-14-21-20(25)23(19)12-5-11-22-13-10-15-6-1-2-7-16(15)17-8-3-4-9-18(17)22/h1-4,6-9H,5,10-14H2,(H,21,25). The molecule has 1 N–H and O–H groups in total. The number of anilines is 1. The maximum atomic E-state index is 11.7. The van der Waals surface area contributed by atoms with Gasteiger partial charge in [-0.25, -0.2) is 4.79 Å². The molecule has 3 amide bonds. The first-order chi connectivity index (χ1) is 12.2. The van der Waals surface area contributed by atoms with Crippen molar-refractivity contribution in [1.82, 2.24) is 10.2 Å². The molecule has 0 bridgehead atoms. The SMILES string of the molecule is O=C1CNC(=O)N1CCCN1CCc2ccccc2-c2ccccc21. The van der Waals surface area contributed by atoms with Gasteiger partial charge in [0.2, 0.25) is 5.91 Å². The van der Waals surface area contributed by atoms with E-state index in [1.807, 2.05) is 0 Å². The molecular weight excluding hydrogens is 314 g/mol. The largest absolute Gasteiger partial charge is 0.371 e. The molecule has 4 rings (SSSR count). The second kappa shape index (κ2) is 6.59. The van der Waals surface area contributed by atoms with E-state index < -0.39 is 0 Å². The van der Waals surface area contributed by atoms with Gasteiger partial charge in [-0.2, -0.15) is 0 Å². The van der Waals surface area contributed by atoms with E-state index in [1.54, 1.807) is 0 Å². The minimum Gasteiger partial charge on any atom is -0.371 e. The van der Waals surface area contributed by atoms with E-state index in [1.165, 1.54) is 27.3 Å². The molecular formula is C20H21N3O2. The molecule has 2 aromatic rings. The van der Waals surface area contributed by atoms with Gasteiger partial charge >= 0.3 is 6.03 Å². The Hall–Kier alpha value is -2.82. The molecule has 0 aliphatic carbocycles. The number of carbonyl (C=O) groups excluding carboxylic acids is 2. The summed E-state index contributed by atoms with van der Waals surface area (Å²) in [5.74, 6) is -0.131. The van der Waals surface area contributed by atoms with Crippen molar-refractivity contribution in [3.05, 3.63) is 54.1 Å². The van der Waals surface area contributed by atoms with Crippen LogP contribution in [0.5, 0.6) is 0 Å². The smallest absolute Gasteiger partial charge is 0.324 e. The maximum absolute atomic E-state index is 11.7. The number of urea groups is 1. The lowest BCUT2D eigenvalue weighted by atomic mass is 9.98. The molecule has 5 nitrogen and oxygen atoms in total. The molecule has 1 fully saturated rings. The van der Waals surface area contributed by atoms with Crippen LogP contribution in [0, 0.1) is 0 Å². The molecule has 0 radical (unpaired) electrons. The molecule has 128 valence electrons. The van der Waals surface area contributed by atoms with Crippen LogP contribution in [-0.4, -0.2) is 43.0 Å². The first-order valence-electron chi connectivity index (χ1n) is 8.74. The molecule has 2 aromatic carbocycles. The van der Waals surface area contributed by atoms with Gasteiger partial charge in [-0.05, 0) is 30.0 Å². The van der Waals surface area contributed by atoms with E-state index in [4.69, 9.17) is 0 Å². The average molecular weight is 335 g/mol. The predicted octanol–water partition coefficient (Wildman–Crippen LogP) is 2.66. The van der Waals surface area contributed by atoms with Crippen LogP contribution in [0.3, 0.4) is 0 Å². The van der Waals surface area contributed by atoms with Crippen molar-refractivity contribution in [1.29, 1.82) is 0 Å². The number of hydrogen-bond donors (Lipinski definition) is 1. The van der Waals surface area contributed by atoms with Gasteiger partial charge < -0.3 is 10.2 Å². The van der Waals surface area contributed by atoms with Gasteiger partial charge in [0.25, 0.3) is 0 Å². The van der Waals surface area contributed by atoms with Crippen molar-refractivity contribution in [2.24, 2.45) is 0 Å². The number of carbonyl (C=O) groups is 2. The van der Waals surface area contributed by atoms with Crippen LogP contribution in [0.25, 0.3) is 11.1 Å². The molecule has 0 atom stereocenters. The van der Waals surface area contributed by atoms with Gasteiger partial charge in [0, 0.05) is 30.9 Å². The normalized spacial score (nSPS) is 16.3. The number of imide groups is 1. The van der Waals surface area contributed by atoms with Crippen molar-refractivity contribution < 1.29 is 9.59 Å². The van der Waals surface area contributed by atoms with Crippen molar-refractivity contribution >= 4 is 17.6 Å². The minimum absolute atomic E-state index is 0.126. The van der Waals surface area contributed by atoms with Crippen LogP contribution in [0.4, 0.5) is 10.5 Å². The summed E-state index contributed by atoms with van der Waals surface area (Å²) >= 11 is 0. The Bertz CT molecular complexity index is 802. The van der Waals surface area contributed by atoms with Crippen molar-refractivity contribution in [2.75, 3.05) is 31.1 Å². The van der Waals surface area contributed by atoms with Crippen molar-refractivity contribution in [3.63, 3.8) is 0 Å². The van der Waals surface area contributed by atoms with Crippen LogP contribution in [0.1, 0.15) is 12.0 Å². The number of nitrogens with zero attached hydrogens (tertiary/aromatic N) is 2. The third-order valence-electron chi connectivity index (χ3n) is 4.95. The summed E-state index contributed by atoms with van der Waals surface area (Å²) in [6, 6.07) is 16.8. The van der Waals surface area contributed by atoms with Crippen LogP contribution in [0.2, 0.25) is 0 Å². The zero-order valence-corrected chi connectivity index (χ0v) is 14.1. The molecule has 0 unspecified atom stereocenters. The number of amides is 3. The number of nitrogens with one attached hydrogen (secondary N) is 1. The molecule has 2 aliphatic heterocycles. The molecule has 0 aromatic heterocycles. The highest BCUT2D eigenvalue weighted by Gasteiger charge is 2.28. The summed E-state index contributed by atoms with van der Waals surface area (Å²) in [4.78, 5) is 27.0. The number of rotatable bonds is 4. The van der Waals surface area contributed by atoms with E-state index in [-0.39, 0.29) is 18.5 Å². The van der Waals surface area contributed by atoms with Gasteiger partial charge in [0.1, 0.15) is 0 Å². The molecule has 0 spiro atoms. The van der Waals surface area contributed by atoms with E-state index in [0.717, 1.165) is 25.9 Å². The second-order valence-electron chi connectivity index (χ2n) is 6.47. The molecule has 25 heavy (non-hydrogen) atoms. The third kappa shape index (κ3) is 2.97. The Kier molecular flexibility index (Phi) is 4.14. The van der Waals surface area contributed by atoms with E-state index in [2.05, 4.69) is 58.7 Å². The Morgan fingerprint density at radius 2 is 1.68 bits per heavy atom. The lowest BCUT2D eigenvalue weighted by molar-refractivity contribution is -0.125. The summed E-state index contributed by atoms with van der Waals surface area (Å²) in [5.41, 5.74) is 5.15. The third-order valence-corrected chi connectivity index (χ3v) is 4.95. The van der Waals surface area contributed by atoms with E-state index in [0.29, 0.717) is 6.54 Å². The number of fused-ring (bicyclic) bond motifs is 3. The molecule has 0 saturated carbocycles. The first-order valence-corrected chi connectivity index (χ1v) is 8.74. The highest BCUT2D eigenvalue weighted by atomic mass is 16.2. The van der Waals surface area contributed by atoms with Crippen LogP contribution >= 0.6 is 0 Å². The highest BCUT2D eigenvalue weighted by Crippen LogP contribution is 2.36. The zero-order valence-electron chi connectivity index (χ0n) is 14.1. The lowest BCUT2D eigenvalue weighted by Gasteiger charge is -2.25. The van der Waals surface area contributed by atoms with Crippen molar-refractivity contribution in [3.8, 4) is 11.1 Å². The number of para-hydroxylation sites is 1. The fourth-order valence-electron chi connectivity index (χ4n) is 3.69. The first kappa shape index (κ1) is 15.7. The number of benzene rings is 2. The molecule has 5 heteroatoms. The average Bonchev–Trinajstić information content (AvgIpc) is 2.88. The molecule has 1 saturated heterocycles. The van der Waals surface area contributed by atoms with Crippen molar-refractivity contribution in [2.45, 2.75) is 12.8 Å². The summed E-state index contributed by atoms with van der Waals surface area (Å²) in [5, 5.41) is 2.57. The van der Waals surface area contributed by atoms with Crippen LogP contribution in [-0.2, 0) is 11.2 Å². The topological polar surface area (TPSA) is 52.7 Å². The Morgan fingerprint density at radius 1 is 0.920 bits per heavy atom. The minimum atomic E-state index is -0.270. The van der Waals surface area contributed by atoms with E-state index in [9.17, 15) is 9.59 Å². The van der Waals surface area contributed by atoms with Gasteiger partial charge in [0.05, 0.1) is 6.54 Å². The zero-order chi connectivity index (χ0) is 17.2. The summed E-state index contributed by atoms with van der Waals surface area (Å²) in [6.45, 7) is 2.35. The second-order valence-corrected chi connectivity index (χ2v) is 6.47. The molecule has 2 heterocycles. The summed E-state index contributed by atoms with van der Waals surface area (Å²) in [6.07, 6.45) is 1.76. The van der Waals surface area contributed by atoms with Gasteiger partial charge in [-0.15, -0.1) is 0 Å². The summed E-state index contributed by atoms with van der Waals surface area (Å²) < 4.78 is 0. The molecule has 2 aliphatic rings. The maximum Gasteiger partial charge on any atom is 0.324 e. The Morgan fingerprint density at radius 3 is 2.48 bits per heavy atom. The van der Waals surface area contributed by atoms with Gasteiger partial charge in [-0.3, -0.25) is 9.69 Å². The van der Waals surface area contributed by atoms with Crippen LogP contribution in [0.15, 0.2) is 48.5 Å². The predicted molar refractivity (Wildman–Crippen MR) is 97.5 cm³/mol. The van der Waals surface area contributed by atoms with Crippen LogP contribution < -0.4 is 10.2 Å². The Labute approximate surface area is 147 Å². The van der Waals surface area contributed by atoms with E-state index >= 15 is 0 Å². The van der Waals surface area contributed by atoms with Gasteiger partial charge in [-0.1, -0.05) is 42.5 Å². The number of hydrogen-bond acceptors (Lipinski definition) is 3. The fraction of sp³-hybridized carbons (Fsp3) is 0.300. The van der Waals surface area contributed by atoms with Gasteiger partial charge in [0.15, 0.2) is 0 Å². The highest BCUT2D eigenvalue weighted by molar-refractivity contribution is 6.01. The summed E-state index contributed by atoms with van der Waals surface area (Å²) in [7, 11) is 0.